The maximum Gasteiger partial charge on any atom is 0.416 e. The Labute approximate surface area is 356 Å². The fraction of sp³-hybridized carbons (Fsp3) is 0.391. The summed E-state index contributed by atoms with van der Waals surface area (Å²) in [6, 6.07) is 18.3. The Bertz CT molecular complexity index is 2410. The fourth-order valence-electron chi connectivity index (χ4n) is 7.19. The minimum absolute atomic E-state index is 0.0585. The van der Waals surface area contributed by atoms with Crippen LogP contribution in [0.15, 0.2) is 89.9 Å². The Morgan fingerprint density at radius 3 is 2.10 bits per heavy atom. The molecule has 1 saturated heterocycles. The lowest BCUT2D eigenvalue weighted by Crippen LogP contribution is -2.57. The van der Waals surface area contributed by atoms with Crippen LogP contribution in [0.1, 0.15) is 76.4 Å². The molecule has 0 radical (unpaired) electrons. The van der Waals surface area contributed by atoms with E-state index in [1.165, 1.54) is 24.4 Å². The number of nitrogens with zero attached hydrogens (tertiary/aromatic N) is 5. The molecule has 0 bridgehead atoms. The third-order valence-electron chi connectivity index (χ3n) is 10.8. The van der Waals surface area contributed by atoms with Gasteiger partial charge in [0.1, 0.15) is 35.2 Å². The number of pyridine rings is 1. The maximum atomic E-state index is 14.7. The van der Waals surface area contributed by atoms with Crippen molar-refractivity contribution in [1.29, 1.82) is 0 Å². The highest BCUT2D eigenvalue weighted by Crippen LogP contribution is 2.32. The van der Waals surface area contributed by atoms with Crippen molar-refractivity contribution >= 4 is 28.9 Å². The van der Waals surface area contributed by atoms with E-state index in [-0.39, 0.29) is 78.8 Å². The predicted octanol–water partition coefficient (Wildman–Crippen LogP) is 8.25. The van der Waals surface area contributed by atoms with E-state index in [2.05, 4.69) is 9.97 Å². The molecule has 1 N–H and O–H groups in total. The molecular weight excluding hydrogens is 814 g/mol. The van der Waals surface area contributed by atoms with Crippen molar-refractivity contribution in [3.63, 3.8) is 0 Å². The maximum absolute atomic E-state index is 14.7. The third-order valence-corrected chi connectivity index (χ3v) is 10.8. The van der Waals surface area contributed by atoms with Crippen LogP contribution in [-0.2, 0) is 51.2 Å². The van der Waals surface area contributed by atoms with Gasteiger partial charge in [-0.1, -0.05) is 49.4 Å². The molecule has 330 valence electrons. The molecule has 1 aliphatic heterocycles. The number of likely N-dealkylation sites (tertiary alicyclic amines) is 1. The van der Waals surface area contributed by atoms with Crippen molar-refractivity contribution in [3.05, 3.63) is 130 Å². The molecule has 0 spiro atoms. The number of hydrogen-bond acceptors (Lipinski definition) is 8. The number of carbonyl (C=O) groups is 3. The topological polar surface area (TPSA) is 135 Å². The van der Waals surface area contributed by atoms with E-state index in [0.717, 1.165) is 29.8 Å². The molecule has 1 fully saturated rings. The number of amides is 1. The quantitative estimate of drug-likeness (QED) is 0.0918. The van der Waals surface area contributed by atoms with Gasteiger partial charge in [0.15, 0.2) is 0 Å². The summed E-state index contributed by atoms with van der Waals surface area (Å²) < 4.78 is 74.8. The van der Waals surface area contributed by atoms with Crippen LogP contribution in [0.4, 0.5) is 22.0 Å². The molecule has 3 heterocycles. The zero-order valence-electron chi connectivity index (χ0n) is 35.2. The number of ether oxygens (including phenoxy) is 1. The fourth-order valence-corrected chi connectivity index (χ4v) is 7.19. The second-order valence-corrected chi connectivity index (χ2v) is 15.8. The van der Waals surface area contributed by atoms with Gasteiger partial charge >= 0.3 is 18.1 Å². The number of aryl methyl sites for hydroxylation is 2. The summed E-state index contributed by atoms with van der Waals surface area (Å²) in [5.74, 6) is -2.62. The smallest absolute Gasteiger partial charge is 0.416 e. The predicted molar refractivity (Wildman–Crippen MR) is 223 cm³/mol. The zero-order valence-corrected chi connectivity index (χ0v) is 35.2. The van der Waals surface area contributed by atoms with Crippen LogP contribution in [0.2, 0.25) is 0 Å². The van der Waals surface area contributed by atoms with Gasteiger partial charge in [0.25, 0.3) is 5.56 Å². The van der Waals surface area contributed by atoms with E-state index in [1.807, 2.05) is 30.9 Å². The highest BCUT2D eigenvalue weighted by Gasteiger charge is 2.40. The lowest BCUT2D eigenvalue weighted by molar-refractivity contribution is -0.162. The SMILES string of the molecule is CC(C)OC(=O)C(C)(C)N1CCC(N(Cc2ccc(-c3ccc(C(F)(F)F)cc3)cc2)C(=O)Cn2c(CCc3ccc(F)cc3F)nc(=O)c3cccnc32)CC1.CCC(=O)O. The summed E-state index contributed by atoms with van der Waals surface area (Å²) in [4.78, 5) is 62.7. The van der Waals surface area contributed by atoms with Gasteiger partial charge in [-0.05, 0) is 99.5 Å². The van der Waals surface area contributed by atoms with E-state index >= 15 is 0 Å². The minimum atomic E-state index is -4.45. The van der Waals surface area contributed by atoms with Gasteiger partial charge in [0.05, 0.1) is 17.1 Å². The molecule has 16 heteroatoms. The number of carboxylic acid groups (broad SMARTS) is 1. The number of alkyl halides is 3. The van der Waals surface area contributed by atoms with Crippen LogP contribution in [0.25, 0.3) is 22.2 Å². The van der Waals surface area contributed by atoms with E-state index in [1.54, 1.807) is 54.5 Å². The molecule has 11 nitrogen and oxygen atoms in total. The summed E-state index contributed by atoms with van der Waals surface area (Å²) in [7, 11) is 0. The summed E-state index contributed by atoms with van der Waals surface area (Å²) in [5.41, 5.74) is 0.348. The highest BCUT2D eigenvalue weighted by molar-refractivity contribution is 5.81. The van der Waals surface area contributed by atoms with Gasteiger partial charge in [-0.2, -0.15) is 18.2 Å². The molecular formula is C46H50F5N5O6. The molecule has 0 unspecified atom stereocenters. The average Bonchev–Trinajstić information content (AvgIpc) is 3.23. The van der Waals surface area contributed by atoms with Crippen LogP contribution in [-0.4, -0.2) is 78.1 Å². The Morgan fingerprint density at radius 1 is 0.919 bits per heavy atom. The molecule has 1 amide bonds. The number of carbonyl (C=O) groups excluding carboxylic acids is 2. The molecule has 0 saturated carbocycles. The Hall–Kier alpha value is -6.03. The first-order valence-corrected chi connectivity index (χ1v) is 20.3. The number of fused-ring (bicyclic) bond motifs is 1. The largest absolute Gasteiger partial charge is 0.481 e. The van der Waals surface area contributed by atoms with Crippen molar-refractivity contribution in [2.45, 2.75) is 104 Å². The summed E-state index contributed by atoms with van der Waals surface area (Å²) >= 11 is 0. The Morgan fingerprint density at radius 2 is 1.53 bits per heavy atom. The Balaban J connectivity index is 0.00000137. The van der Waals surface area contributed by atoms with Gasteiger partial charge in [0.2, 0.25) is 5.91 Å². The average molecular weight is 864 g/mol. The molecule has 5 aromatic rings. The lowest BCUT2D eigenvalue weighted by Gasteiger charge is -2.44. The molecule has 2 aromatic heterocycles. The molecule has 0 atom stereocenters. The molecule has 1 aliphatic rings. The second kappa shape index (κ2) is 20.2. The summed E-state index contributed by atoms with van der Waals surface area (Å²) in [5, 5.41) is 7.93. The van der Waals surface area contributed by atoms with Crippen LogP contribution in [0.3, 0.4) is 0 Å². The van der Waals surface area contributed by atoms with Gasteiger partial charge < -0.3 is 19.3 Å². The van der Waals surface area contributed by atoms with Gasteiger partial charge in [-0.3, -0.25) is 24.1 Å². The lowest BCUT2D eigenvalue weighted by atomic mass is 9.95. The second-order valence-electron chi connectivity index (χ2n) is 15.8. The molecule has 3 aromatic carbocycles. The first kappa shape index (κ1) is 47.0. The zero-order chi connectivity index (χ0) is 45.4. The van der Waals surface area contributed by atoms with Crippen LogP contribution in [0, 0.1) is 11.6 Å². The van der Waals surface area contributed by atoms with Crippen molar-refractivity contribution < 1.29 is 46.2 Å². The number of carboxylic acids is 1. The number of piperidine rings is 1. The number of aromatic nitrogens is 3. The first-order valence-electron chi connectivity index (χ1n) is 20.3. The highest BCUT2D eigenvalue weighted by atomic mass is 19.4. The summed E-state index contributed by atoms with van der Waals surface area (Å²) in [6.45, 7) is 9.76. The van der Waals surface area contributed by atoms with Crippen LogP contribution < -0.4 is 5.56 Å². The van der Waals surface area contributed by atoms with E-state index in [4.69, 9.17) is 9.84 Å². The van der Waals surface area contributed by atoms with Crippen LogP contribution >= 0.6 is 0 Å². The standard InChI is InChI=1S/C43H44F5N5O4.C3H6O2/c1-27(2)57-41(56)42(3,4)51-22-19-34(20-23-51)52(25-28-7-9-29(10-8-28)30-11-15-32(16-12-30)43(46,47)48)38(54)26-53-37(18-14-31-13-17-33(44)24-36(31)45)50-40(55)35-6-5-21-49-39(35)53;1-2-3(4)5/h5-13,15-17,21,24,27,34H,14,18-20,22-23,25-26H2,1-4H3;2H2,1H3,(H,4,5). The number of esters is 1. The number of halogens is 5. The molecule has 6 rings (SSSR count). The molecule has 0 aliphatic carbocycles. The number of benzene rings is 3. The van der Waals surface area contributed by atoms with Crippen molar-refractivity contribution in [1.82, 2.24) is 24.3 Å². The van der Waals surface area contributed by atoms with Gasteiger partial charge in [0, 0.05) is 50.8 Å². The van der Waals surface area contributed by atoms with Crippen molar-refractivity contribution in [2.24, 2.45) is 0 Å². The minimum Gasteiger partial charge on any atom is -0.481 e. The van der Waals surface area contributed by atoms with Gasteiger partial charge in [-0.15, -0.1) is 0 Å². The van der Waals surface area contributed by atoms with Crippen molar-refractivity contribution in [2.75, 3.05) is 13.1 Å². The summed E-state index contributed by atoms with van der Waals surface area (Å²) in [6.07, 6.45) is -1.80. The number of hydrogen-bond donors (Lipinski definition) is 1. The number of rotatable bonds is 13. The van der Waals surface area contributed by atoms with E-state index in [0.29, 0.717) is 37.1 Å². The third kappa shape index (κ3) is 11.9. The van der Waals surface area contributed by atoms with Crippen LogP contribution in [0.5, 0.6) is 0 Å². The van der Waals surface area contributed by atoms with E-state index in [9.17, 15) is 41.1 Å². The first-order chi connectivity index (χ1) is 29.3. The van der Waals surface area contributed by atoms with E-state index < -0.39 is 40.4 Å². The molecule has 62 heavy (non-hydrogen) atoms. The number of aliphatic carboxylic acids is 1. The van der Waals surface area contributed by atoms with Crippen molar-refractivity contribution in [3.8, 4) is 11.1 Å². The Kier molecular flexibility index (Phi) is 15.3. The monoisotopic (exact) mass is 863 g/mol. The normalized spacial score (nSPS) is 13.7. The van der Waals surface area contributed by atoms with Gasteiger partial charge in [-0.25, -0.2) is 13.8 Å².